The third-order valence-corrected chi connectivity index (χ3v) is 3.37. The number of aryl methyl sites for hydroxylation is 1. The van der Waals surface area contributed by atoms with Crippen LogP contribution < -0.4 is 10.6 Å². The van der Waals surface area contributed by atoms with Gasteiger partial charge >= 0.3 is 18.0 Å². The molecule has 0 spiro atoms. The summed E-state index contributed by atoms with van der Waals surface area (Å²) in [5.41, 5.74) is 0.717. The molecule has 1 rings (SSSR count). The van der Waals surface area contributed by atoms with Gasteiger partial charge in [-0.15, -0.1) is 11.3 Å². The lowest BCUT2D eigenvalue weighted by Crippen LogP contribution is -2.30. The first-order valence-electron chi connectivity index (χ1n) is 5.98. The summed E-state index contributed by atoms with van der Waals surface area (Å²) < 4.78 is 4.90. The van der Waals surface area contributed by atoms with Crippen LogP contribution in [0.4, 0.5) is 9.80 Å². The number of hydrogen-bond donors (Lipinski definition) is 3. The minimum Gasteiger partial charge on any atom is -0.481 e. The molecular formula is C12H16N2O5S. The van der Waals surface area contributed by atoms with Crippen LogP contribution in [0.1, 0.15) is 28.6 Å². The number of anilines is 1. The molecule has 1 aromatic heterocycles. The van der Waals surface area contributed by atoms with Gasteiger partial charge in [0.2, 0.25) is 0 Å². The van der Waals surface area contributed by atoms with E-state index < -0.39 is 18.0 Å². The second-order valence-corrected chi connectivity index (χ2v) is 4.92. The van der Waals surface area contributed by atoms with Crippen LogP contribution in [0.25, 0.3) is 0 Å². The molecule has 0 fully saturated rings. The SMILES string of the molecule is CCOC(=O)c1sc(NC(=O)NCCC(=O)O)cc1C. The van der Waals surface area contributed by atoms with E-state index in [-0.39, 0.29) is 19.6 Å². The van der Waals surface area contributed by atoms with Gasteiger partial charge < -0.3 is 15.2 Å². The molecule has 110 valence electrons. The monoisotopic (exact) mass is 300 g/mol. The maximum absolute atomic E-state index is 11.6. The van der Waals surface area contributed by atoms with E-state index in [0.717, 1.165) is 11.3 Å². The number of ether oxygens (including phenoxy) is 1. The summed E-state index contributed by atoms with van der Waals surface area (Å²) in [6, 6.07) is 1.15. The number of urea groups is 1. The topological polar surface area (TPSA) is 105 Å². The molecule has 2 amide bonds. The smallest absolute Gasteiger partial charge is 0.348 e. The van der Waals surface area contributed by atoms with Crippen LogP contribution in [0.5, 0.6) is 0 Å². The molecule has 0 aliphatic rings. The average Bonchev–Trinajstić information content (AvgIpc) is 2.70. The van der Waals surface area contributed by atoms with Gasteiger partial charge in [-0.1, -0.05) is 0 Å². The Bertz CT molecular complexity index is 512. The lowest BCUT2D eigenvalue weighted by atomic mass is 10.3. The lowest BCUT2D eigenvalue weighted by Gasteiger charge is -2.03. The Balaban J connectivity index is 2.56. The van der Waals surface area contributed by atoms with Crippen molar-refractivity contribution in [1.82, 2.24) is 5.32 Å². The summed E-state index contributed by atoms with van der Waals surface area (Å²) >= 11 is 1.11. The molecule has 0 radical (unpaired) electrons. The number of thiophene rings is 1. The number of carboxylic acid groups (broad SMARTS) is 1. The predicted molar refractivity (Wildman–Crippen MR) is 74.3 cm³/mol. The van der Waals surface area contributed by atoms with Crippen molar-refractivity contribution in [2.45, 2.75) is 20.3 Å². The van der Waals surface area contributed by atoms with E-state index in [0.29, 0.717) is 15.4 Å². The summed E-state index contributed by atoms with van der Waals surface area (Å²) in [5, 5.41) is 13.9. The number of aliphatic carboxylic acids is 1. The zero-order valence-corrected chi connectivity index (χ0v) is 12.0. The lowest BCUT2D eigenvalue weighted by molar-refractivity contribution is -0.136. The molecule has 0 aliphatic heterocycles. The fourth-order valence-electron chi connectivity index (χ4n) is 1.38. The van der Waals surface area contributed by atoms with Crippen LogP contribution in [0.2, 0.25) is 0 Å². The van der Waals surface area contributed by atoms with Crippen LogP contribution in [0.15, 0.2) is 6.07 Å². The second-order valence-electron chi connectivity index (χ2n) is 3.87. The molecule has 20 heavy (non-hydrogen) atoms. The molecule has 0 saturated heterocycles. The Hall–Kier alpha value is -2.09. The molecular weight excluding hydrogens is 284 g/mol. The van der Waals surface area contributed by atoms with Crippen molar-refractivity contribution >= 4 is 34.3 Å². The van der Waals surface area contributed by atoms with Crippen molar-refractivity contribution in [2.75, 3.05) is 18.5 Å². The summed E-state index contributed by atoms with van der Waals surface area (Å²) in [5.74, 6) is -1.41. The van der Waals surface area contributed by atoms with Crippen LogP contribution in [0, 0.1) is 6.92 Å². The van der Waals surface area contributed by atoms with E-state index in [1.165, 1.54) is 0 Å². The molecule has 3 N–H and O–H groups in total. The molecule has 1 aromatic rings. The fraction of sp³-hybridized carbons (Fsp3) is 0.417. The van der Waals surface area contributed by atoms with Crippen LogP contribution in [-0.4, -0.2) is 36.2 Å². The highest BCUT2D eigenvalue weighted by Gasteiger charge is 2.15. The first-order chi connectivity index (χ1) is 9.43. The maximum Gasteiger partial charge on any atom is 0.348 e. The molecule has 0 aliphatic carbocycles. The largest absolute Gasteiger partial charge is 0.481 e. The molecule has 1 heterocycles. The molecule has 0 unspecified atom stereocenters. The van der Waals surface area contributed by atoms with Gasteiger partial charge in [0, 0.05) is 6.54 Å². The van der Waals surface area contributed by atoms with Gasteiger partial charge in [-0.05, 0) is 25.5 Å². The molecule has 0 aromatic carbocycles. The van der Waals surface area contributed by atoms with Gasteiger partial charge in [-0.25, -0.2) is 9.59 Å². The first kappa shape index (κ1) is 16.0. The van der Waals surface area contributed by atoms with Crippen LogP contribution in [0.3, 0.4) is 0 Å². The number of nitrogens with one attached hydrogen (secondary N) is 2. The van der Waals surface area contributed by atoms with Gasteiger partial charge in [0.1, 0.15) is 4.88 Å². The molecule has 0 saturated carbocycles. The number of rotatable bonds is 6. The van der Waals surface area contributed by atoms with Gasteiger partial charge in [0.05, 0.1) is 18.0 Å². The van der Waals surface area contributed by atoms with Crippen molar-refractivity contribution in [1.29, 1.82) is 0 Å². The minimum absolute atomic E-state index is 0.0380. The molecule has 0 bridgehead atoms. The van der Waals surface area contributed by atoms with E-state index in [1.807, 2.05) is 0 Å². The summed E-state index contributed by atoms with van der Waals surface area (Å²) in [7, 11) is 0. The fourth-order valence-corrected chi connectivity index (χ4v) is 2.34. The van der Waals surface area contributed by atoms with E-state index >= 15 is 0 Å². The molecule has 8 heteroatoms. The van der Waals surface area contributed by atoms with E-state index in [2.05, 4.69) is 10.6 Å². The van der Waals surface area contributed by atoms with Gasteiger partial charge in [0.15, 0.2) is 0 Å². The highest BCUT2D eigenvalue weighted by atomic mass is 32.1. The Kier molecular flexibility index (Phi) is 5.98. The quantitative estimate of drug-likeness (QED) is 0.695. The van der Waals surface area contributed by atoms with Gasteiger partial charge in [0.25, 0.3) is 0 Å². The van der Waals surface area contributed by atoms with Crippen molar-refractivity contribution < 1.29 is 24.2 Å². The zero-order chi connectivity index (χ0) is 15.1. The third-order valence-electron chi connectivity index (χ3n) is 2.24. The Labute approximate surface area is 119 Å². The molecule has 7 nitrogen and oxygen atoms in total. The predicted octanol–water partition coefficient (Wildman–Crippen LogP) is 1.83. The Morgan fingerprint density at radius 3 is 2.70 bits per heavy atom. The zero-order valence-electron chi connectivity index (χ0n) is 11.2. The number of carbonyl (C=O) groups excluding carboxylic acids is 2. The van der Waals surface area contributed by atoms with Crippen molar-refractivity contribution in [3.05, 3.63) is 16.5 Å². The van der Waals surface area contributed by atoms with Crippen molar-refractivity contribution in [2.24, 2.45) is 0 Å². The average molecular weight is 300 g/mol. The van der Waals surface area contributed by atoms with Gasteiger partial charge in [-0.2, -0.15) is 0 Å². The number of esters is 1. The van der Waals surface area contributed by atoms with Gasteiger partial charge in [-0.3, -0.25) is 10.1 Å². The standard InChI is InChI=1S/C12H16N2O5S/c1-3-19-11(17)10-7(2)6-8(20-10)14-12(18)13-5-4-9(15)16/h6H,3-5H2,1-2H3,(H,15,16)(H2,13,14,18). The number of carbonyl (C=O) groups is 3. The van der Waals surface area contributed by atoms with Crippen LogP contribution in [-0.2, 0) is 9.53 Å². The van der Waals surface area contributed by atoms with E-state index in [1.54, 1.807) is 19.9 Å². The maximum atomic E-state index is 11.6. The van der Waals surface area contributed by atoms with Crippen molar-refractivity contribution in [3.8, 4) is 0 Å². The van der Waals surface area contributed by atoms with E-state index in [4.69, 9.17) is 9.84 Å². The normalized spacial score (nSPS) is 9.90. The Morgan fingerprint density at radius 1 is 1.40 bits per heavy atom. The number of amides is 2. The van der Waals surface area contributed by atoms with E-state index in [9.17, 15) is 14.4 Å². The third kappa shape index (κ3) is 4.88. The Morgan fingerprint density at radius 2 is 2.10 bits per heavy atom. The number of carboxylic acids is 1. The second kappa shape index (κ2) is 7.49. The highest BCUT2D eigenvalue weighted by molar-refractivity contribution is 7.18. The molecule has 0 atom stereocenters. The minimum atomic E-state index is -0.984. The number of hydrogen-bond acceptors (Lipinski definition) is 5. The first-order valence-corrected chi connectivity index (χ1v) is 6.80. The van der Waals surface area contributed by atoms with Crippen LogP contribution >= 0.6 is 11.3 Å². The summed E-state index contributed by atoms with van der Waals surface area (Å²) in [6.07, 6.45) is -0.148. The van der Waals surface area contributed by atoms with Crippen molar-refractivity contribution in [3.63, 3.8) is 0 Å². The highest BCUT2D eigenvalue weighted by Crippen LogP contribution is 2.27. The summed E-state index contributed by atoms with van der Waals surface area (Å²) in [4.78, 5) is 33.8. The summed E-state index contributed by atoms with van der Waals surface area (Å²) in [6.45, 7) is 3.79.